The number of benzene rings is 1. The largest absolute Gasteiger partial charge is 0.489 e. The normalized spacial score (nSPS) is 16.5. The highest BCUT2D eigenvalue weighted by molar-refractivity contribution is 6.31. The molecular formula is C19H24ClN5O3. The third kappa shape index (κ3) is 5.54. The summed E-state index contributed by atoms with van der Waals surface area (Å²) in [5, 5.41) is 9.24. The summed E-state index contributed by atoms with van der Waals surface area (Å²) in [6, 6.07) is 3.08. The van der Waals surface area contributed by atoms with Crippen molar-refractivity contribution in [2.45, 2.75) is 26.4 Å². The molecule has 3 rings (SSSR count). The van der Waals surface area contributed by atoms with Crippen molar-refractivity contribution in [2.24, 2.45) is 0 Å². The Morgan fingerprint density at radius 2 is 2.21 bits per heavy atom. The zero-order valence-corrected chi connectivity index (χ0v) is 16.7. The molecule has 28 heavy (non-hydrogen) atoms. The number of halogens is 1. The van der Waals surface area contributed by atoms with Crippen molar-refractivity contribution in [1.29, 1.82) is 0 Å². The van der Waals surface area contributed by atoms with Crippen molar-refractivity contribution in [2.75, 3.05) is 36.9 Å². The van der Waals surface area contributed by atoms with Crippen LogP contribution >= 0.6 is 11.6 Å². The first-order valence-electron chi connectivity index (χ1n) is 9.19. The van der Waals surface area contributed by atoms with Crippen LogP contribution in [0.4, 0.5) is 16.3 Å². The third-order valence-electron chi connectivity index (χ3n) is 4.23. The second-order valence-electron chi connectivity index (χ2n) is 6.42. The van der Waals surface area contributed by atoms with Crippen molar-refractivity contribution in [3.05, 3.63) is 40.8 Å². The number of rotatable bonds is 6. The Hall–Kier alpha value is -2.42. The maximum atomic E-state index is 12.4. The number of carbonyl (C=O) groups excluding carboxylic acids is 1. The van der Waals surface area contributed by atoms with Gasteiger partial charge in [0, 0.05) is 18.1 Å². The topological polar surface area (TPSA) is 97.4 Å². The van der Waals surface area contributed by atoms with Gasteiger partial charge in [-0.05, 0) is 31.0 Å². The lowest BCUT2D eigenvalue weighted by Gasteiger charge is -2.24. The monoisotopic (exact) mass is 405 g/mol. The second kappa shape index (κ2) is 9.68. The van der Waals surface area contributed by atoms with Crippen LogP contribution in [0.2, 0.25) is 5.02 Å². The second-order valence-corrected chi connectivity index (χ2v) is 6.83. The van der Waals surface area contributed by atoms with E-state index in [1.165, 1.54) is 6.20 Å². The Bertz CT molecular complexity index is 810. The molecule has 150 valence electrons. The van der Waals surface area contributed by atoms with Crippen molar-refractivity contribution in [1.82, 2.24) is 15.3 Å². The van der Waals surface area contributed by atoms with Gasteiger partial charge in [0.15, 0.2) is 5.82 Å². The molecule has 0 radical (unpaired) electrons. The van der Waals surface area contributed by atoms with E-state index in [0.717, 1.165) is 30.8 Å². The van der Waals surface area contributed by atoms with Crippen molar-refractivity contribution >= 4 is 29.1 Å². The minimum atomic E-state index is -0.459. The summed E-state index contributed by atoms with van der Waals surface area (Å²) in [4.78, 5) is 20.6. The highest BCUT2D eigenvalue weighted by atomic mass is 35.5. The minimum absolute atomic E-state index is 0.0426. The van der Waals surface area contributed by atoms with E-state index >= 15 is 0 Å². The van der Waals surface area contributed by atoms with E-state index in [4.69, 9.17) is 21.1 Å². The number of nitrogens with one attached hydrogen (secondary N) is 3. The molecular weight excluding hydrogens is 382 g/mol. The van der Waals surface area contributed by atoms with Gasteiger partial charge in [0.2, 0.25) is 0 Å². The number of carbonyl (C=O) groups is 1. The number of ether oxygens (including phenoxy) is 2. The van der Waals surface area contributed by atoms with Gasteiger partial charge in [0.1, 0.15) is 18.5 Å². The summed E-state index contributed by atoms with van der Waals surface area (Å²) in [5.74, 6) is 0.893. The maximum Gasteiger partial charge on any atom is 0.325 e. The third-order valence-corrected chi connectivity index (χ3v) is 4.58. The van der Waals surface area contributed by atoms with E-state index in [1.54, 1.807) is 12.3 Å². The molecule has 2 heterocycles. The predicted octanol–water partition coefficient (Wildman–Crippen LogP) is 3.01. The number of aromatic nitrogens is 2. The van der Waals surface area contributed by atoms with Gasteiger partial charge in [-0.1, -0.05) is 18.5 Å². The number of anilines is 2. The molecule has 1 aliphatic rings. The van der Waals surface area contributed by atoms with Gasteiger partial charge in [0.05, 0.1) is 30.4 Å². The van der Waals surface area contributed by atoms with E-state index in [1.807, 2.05) is 19.9 Å². The van der Waals surface area contributed by atoms with E-state index in [0.29, 0.717) is 35.5 Å². The van der Waals surface area contributed by atoms with Gasteiger partial charge in [-0.15, -0.1) is 0 Å². The molecule has 1 atom stereocenters. The predicted molar refractivity (Wildman–Crippen MR) is 108 cm³/mol. The van der Waals surface area contributed by atoms with Gasteiger partial charge >= 0.3 is 6.03 Å². The zero-order chi connectivity index (χ0) is 19.9. The first-order chi connectivity index (χ1) is 13.5. The van der Waals surface area contributed by atoms with Gasteiger partial charge < -0.3 is 20.1 Å². The van der Waals surface area contributed by atoms with Crippen LogP contribution in [0.15, 0.2) is 24.5 Å². The van der Waals surface area contributed by atoms with E-state index in [9.17, 15) is 4.79 Å². The highest BCUT2D eigenvalue weighted by Gasteiger charge is 2.17. The van der Waals surface area contributed by atoms with E-state index in [-0.39, 0.29) is 6.10 Å². The fourth-order valence-electron chi connectivity index (χ4n) is 2.72. The van der Waals surface area contributed by atoms with Gasteiger partial charge in [0.25, 0.3) is 0 Å². The summed E-state index contributed by atoms with van der Waals surface area (Å²) in [5.41, 5.74) is 2.18. The van der Waals surface area contributed by atoms with Crippen LogP contribution < -0.4 is 20.7 Å². The average Bonchev–Trinajstić information content (AvgIpc) is 2.70. The molecule has 0 spiro atoms. The average molecular weight is 406 g/mol. The van der Waals surface area contributed by atoms with Gasteiger partial charge in [-0.25, -0.2) is 9.78 Å². The smallest absolute Gasteiger partial charge is 0.325 e. The maximum absolute atomic E-state index is 12.4. The molecule has 2 aromatic rings. The molecule has 1 unspecified atom stereocenters. The summed E-state index contributed by atoms with van der Waals surface area (Å²) in [7, 11) is 0. The van der Waals surface area contributed by atoms with Crippen LogP contribution in [-0.2, 0) is 11.2 Å². The molecule has 0 aliphatic carbocycles. The molecule has 3 N–H and O–H groups in total. The number of hydrogen-bond acceptors (Lipinski definition) is 6. The standard InChI is InChI=1S/C19H24ClN5O3/c1-3-13-6-17(28-11-14-9-21-4-5-27-14)16(7-15(13)20)24-19(26)25-18-10-22-12(2)8-23-18/h6-8,10,14,21H,3-5,9,11H2,1-2H3,(H2,23,24,25,26). The summed E-state index contributed by atoms with van der Waals surface area (Å²) in [6.45, 7) is 6.42. The molecule has 2 amide bonds. The van der Waals surface area contributed by atoms with Crippen LogP contribution in [0.25, 0.3) is 0 Å². The molecule has 9 heteroatoms. The van der Waals surface area contributed by atoms with Crippen molar-refractivity contribution < 1.29 is 14.3 Å². The number of morpholine rings is 1. The lowest BCUT2D eigenvalue weighted by atomic mass is 10.1. The van der Waals surface area contributed by atoms with E-state index in [2.05, 4.69) is 25.9 Å². The lowest BCUT2D eigenvalue weighted by Crippen LogP contribution is -2.41. The first kappa shape index (κ1) is 20.3. The SMILES string of the molecule is CCc1cc(OCC2CNCCO2)c(NC(=O)Nc2cnc(C)cn2)cc1Cl. The fourth-order valence-corrected chi connectivity index (χ4v) is 3.02. The highest BCUT2D eigenvalue weighted by Crippen LogP contribution is 2.32. The Balaban J connectivity index is 1.71. The fraction of sp³-hybridized carbons (Fsp3) is 0.421. The van der Waals surface area contributed by atoms with Crippen LogP contribution in [0, 0.1) is 6.92 Å². The summed E-state index contributed by atoms with van der Waals surface area (Å²) < 4.78 is 11.6. The Morgan fingerprint density at radius 1 is 1.36 bits per heavy atom. The Labute approximate surface area is 169 Å². The van der Waals surface area contributed by atoms with E-state index < -0.39 is 6.03 Å². The van der Waals surface area contributed by atoms with Crippen LogP contribution in [0.3, 0.4) is 0 Å². The number of amides is 2. The molecule has 1 aliphatic heterocycles. The Morgan fingerprint density at radius 3 is 2.89 bits per heavy atom. The zero-order valence-electron chi connectivity index (χ0n) is 15.9. The number of hydrogen-bond donors (Lipinski definition) is 3. The van der Waals surface area contributed by atoms with Gasteiger partial charge in [-0.2, -0.15) is 0 Å². The van der Waals surface area contributed by atoms with Crippen LogP contribution in [-0.4, -0.2) is 48.4 Å². The van der Waals surface area contributed by atoms with Gasteiger partial charge in [-0.3, -0.25) is 10.3 Å². The molecule has 8 nitrogen and oxygen atoms in total. The van der Waals surface area contributed by atoms with Crippen LogP contribution in [0.1, 0.15) is 18.2 Å². The van der Waals surface area contributed by atoms with Crippen LogP contribution in [0.5, 0.6) is 5.75 Å². The molecule has 1 fully saturated rings. The first-order valence-corrected chi connectivity index (χ1v) is 9.57. The number of nitrogens with zero attached hydrogens (tertiary/aromatic N) is 2. The number of urea groups is 1. The minimum Gasteiger partial charge on any atom is -0.489 e. The summed E-state index contributed by atoms with van der Waals surface area (Å²) >= 11 is 6.33. The molecule has 1 saturated heterocycles. The quantitative estimate of drug-likeness (QED) is 0.683. The summed E-state index contributed by atoms with van der Waals surface area (Å²) in [6.07, 6.45) is 3.78. The number of aryl methyl sites for hydroxylation is 2. The van der Waals surface area contributed by atoms with Crippen molar-refractivity contribution in [3.63, 3.8) is 0 Å². The molecule has 0 saturated carbocycles. The lowest BCUT2D eigenvalue weighted by molar-refractivity contribution is 0.000338. The molecule has 1 aromatic heterocycles. The van der Waals surface area contributed by atoms with Crippen molar-refractivity contribution in [3.8, 4) is 5.75 Å². The Kier molecular flexibility index (Phi) is 7.02. The molecule has 1 aromatic carbocycles. The molecule has 0 bridgehead atoms.